The monoisotopic (exact) mass is 682 g/mol. The fourth-order valence-electron chi connectivity index (χ4n) is 2.41. The third-order valence-corrected chi connectivity index (χ3v) is 9.32. The van der Waals surface area contributed by atoms with Crippen molar-refractivity contribution in [2.45, 2.75) is 4.90 Å². The molecule has 34 heavy (non-hydrogen) atoms. The number of ether oxygens (including phenoxy) is 2. The molecule has 0 atom stereocenters. The van der Waals surface area contributed by atoms with Gasteiger partial charge in [-0.2, -0.15) is 8.42 Å². The lowest BCUT2D eigenvalue weighted by atomic mass is 10.3. The molecule has 0 unspecified atom stereocenters. The third-order valence-electron chi connectivity index (χ3n) is 3.96. The van der Waals surface area contributed by atoms with Gasteiger partial charge < -0.3 is 9.47 Å². The number of hydrogen-bond donors (Lipinski definition) is 1. The van der Waals surface area contributed by atoms with Gasteiger partial charge in [-0.25, -0.2) is 0 Å². The Morgan fingerprint density at radius 1 is 0.559 bits per heavy atom. The molecule has 0 saturated carbocycles. The maximum Gasteiger partial charge on any atom is 0.298 e. The van der Waals surface area contributed by atoms with Crippen molar-refractivity contribution in [1.29, 1.82) is 0 Å². The van der Waals surface area contributed by atoms with Gasteiger partial charge in [0.25, 0.3) is 10.1 Å². The van der Waals surface area contributed by atoms with E-state index in [0.717, 1.165) is 12.1 Å². The van der Waals surface area contributed by atoms with Crippen LogP contribution in [0.1, 0.15) is 0 Å². The minimum absolute atomic E-state index is 0.109. The van der Waals surface area contributed by atoms with E-state index in [0.29, 0.717) is 0 Å². The fraction of sp³-hybridized carbons (Fsp3) is 0. The quantitative estimate of drug-likeness (QED) is 0.164. The lowest BCUT2D eigenvalue weighted by Gasteiger charge is -2.17. The SMILES string of the molecule is O=S(=O)(O)c1cc(Oc2c(Cl)c(Cl)c(Cl)c(Cl)c2Cl)ccc1Oc1c(Cl)c(Cl)c(Cl)c(Cl)c1Cl. The van der Waals surface area contributed by atoms with E-state index < -0.39 is 20.8 Å². The van der Waals surface area contributed by atoms with Gasteiger partial charge in [0.15, 0.2) is 11.5 Å². The number of rotatable bonds is 5. The van der Waals surface area contributed by atoms with Crippen LogP contribution in [0.5, 0.6) is 23.0 Å². The lowest BCUT2D eigenvalue weighted by Crippen LogP contribution is -2.02. The van der Waals surface area contributed by atoms with Crippen molar-refractivity contribution in [2.24, 2.45) is 0 Å². The molecule has 0 aliphatic heterocycles. The van der Waals surface area contributed by atoms with Crippen molar-refractivity contribution >= 4 is 126 Å². The van der Waals surface area contributed by atoms with Gasteiger partial charge in [0, 0.05) is 6.07 Å². The summed E-state index contributed by atoms with van der Waals surface area (Å²) in [5, 5.41) is -1.84. The predicted molar refractivity (Wildman–Crippen MR) is 139 cm³/mol. The first-order valence-corrected chi connectivity index (χ1v) is 13.4. The molecule has 0 aliphatic rings. The molecule has 0 heterocycles. The molecule has 0 radical (unpaired) electrons. The van der Waals surface area contributed by atoms with Gasteiger partial charge in [0.1, 0.15) is 36.5 Å². The van der Waals surface area contributed by atoms with Crippen LogP contribution >= 0.6 is 116 Å². The Kier molecular flexibility index (Phi) is 9.11. The Balaban J connectivity index is 2.13. The van der Waals surface area contributed by atoms with Gasteiger partial charge in [-0.3, -0.25) is 4.55 Å². The van der Waals surface area contributed by atoms with E-state index in [1.807, 2.05) is 0 Å². The van der Waals surface area contributed by atoms with Gasteiger partial charge in [-0.1, -0.05) is 116 Å². The maximum atomic E-state index is 12.1. The van der Waals surface area contributed by atoms with E-state index in [2.05, 4.69) is 0 Å². The van der Waals surface area contributed by atoms with Crippen LogP contribution in [0.2, 0.25) is 50.2 Å². The second-order valence-electron chi connectivity index (χ2n) is 6.09. The van der Waals surface area contributed by atoms with Crippen molar-refractivity contribution < 1.29 is 22.4 Å². The van der Waals surface area contributed by atoms with Crippen LogP contribution in [-0.2, 0) is 10.1 Å². The molecule has 0 spiro atoms. The molecule has 0 amide bonds. The average molecular weight is 687 g/mol. The molecular weight excluding hydrogens is 683 g/mol. The van der Waals surface area contributed by atoms with Crippen molar-refractivity contribution in [3.63, 3.8) is 0 Å². The Morgan fingerprint density at radius 2 is 0.912 bits per heavy atom. The standard InChI is InChI=1S/C18H4Cl10O5S/c19-7-9(21)13(25)17(14(26)10(7)22)32-4-1-2-5(6(3-4)34(29,30)31)33-18-15(27)11(23)8(20)12(24)16(18)28/h1-3H,(H,29,30,31). The molecule has 182 valence electrons. The van der Waals surface area contributed by atoms with Gasteiger partial charge in [-0.05, 0) is 12.1 Å². The molecular formula is C18H4Cl10O5S. The Morgan fingerprint density at radius 3 is 1.29 bits per heavy atom. The zero-order valence-corrected chi connectivity index (χ0v) is 23.9. The molecule has 0 bridgehead atoms. The molecule has 5 nitrogen and oxygen atoms in total. The number of benzene rings is 3. The summed E-state index contributed by atoms with van der Waals surface area (Å²) >= 11 is 60.4. The van der Waals surface area contributed by atoms with E-state index >= 15 is 0 Å². The van der Waals surface area contributed by atoms with Crippen molar-refractivity contribution in [3.05, 3.63) is 68.4 Å². The number of hydrogen-bond acceptors (Lipinski definition) is 4. The van der Waals surface area contributed by atoms with Crippen LogP contribution in [0.15, 0.2) is 23.1 Å². The molecule has 16 heteroatoms. The van der Waals surface area contributed by atoms with Crippen LogP contribution in [0.4, 0.5) is 0 Å². The van der Waals surface area contributed by atoms with Crippen molar-refractivity contribution in [1.82, 2.24) is 0 Å². The molecule has 0 aromatic heterocycles. The first kappa shape index (κ1) is 28.6. The molecule has 3 aromatic rings. The normalized spacial score (nSPS) is 11.6. The summed E-state index contributed by atoms with van der Waals surface area (Å²) < 4.78 is 45.0. The minimum Gasteiger partial charge on any atom is -0.454 e. The smallest absolute Gasteiger partial charge is 0.298 e. The van der Waals surface area contributed by atoms with E-state index in [4.69, 9.17) is 125 Å². The second kappa shape index (κ2) is 10.8. The summed E-state index contributed by atoms with van der Waals surface area (Å²) in [5.74, 6) is -1.12. The van der Waals surface area contributed by atoms with Crippen LogP contribution < -0.4 is 9.47 Å². The zero-order valence-electron chi connectivity index (χ0n) is 15.5. The first-order valence-electron chi connectivity index (χ1n) is 8.16. The fourth-order valence-corrected chi connectivity index (χ4v) is 5.44. The van der Waals surface area contributed by atoms with Crippen LogP contribution in [0.3, 0.4) is 0 Å². The summed E-state index contributed by atoms with van der Waals surface area (Å²) in [5.41, 5.74) is 0. The summed E-state index contributed by atoms with van der Waals surface area (Å²) in [4.78, 5) is -0.752. The lowest BCUT2D eigenvalue weighted by molar-refractivity contribution is 0.442. The molecule has 0 aliphatic carbocycles. The Bertz CT molecular complexity index is 1380. The molecule has 3 aromatic carbocycles. The van der Waals surface area contributed by atoms with Gasteiger partial charge in [0.2, 0.25) is 0 Å². The predicted octanol–water partition coefficient (Wildman–Crippen LogP) is 11.1. The second-order valence-corrected chi connectivity index (χ2v) is 11.3. The van der Waals surface area contributed by atoms with Crippen molar-refractivity contribution in [2.75, 3.05) is 0 Å². The third kappa shape index (κ3) is 5.49. The van der Waals surface area contributed by atoms with E-state index in [1.54, 1.807) is 0 Å². The highest BCUT2D eigenvalue weighted by Gasteiger charge is 2.26. The highest BCUT2D eigenvalue weighted by atomic mass is 35.5. The summed E-state index contributed by atoms with van der Waals surface area (Å²) in [6.07, 6.45) is 0. The molecule has 0 saturated heterocycles. The Hall–Kier alpha value is 0.0700. The van der Waals surface area contributed by atoms with Crippen molar-refractivity contribution in [3.8, 4) is 23.0 Å². The Labute approximate surface area is 242 Å². The van der Waals surface area contributed by atoms with Crippen LogP contribution in [0, 0.1) is 0 Å². The van der Waals surface area contributed by atoms with Gasteiger partial charge in [-0.15, -0.1) is 0 Å². The maximum absolute atomic E-state index is 12.1. The first-order chi connectivity index (χ1) is 15.7. The molecule has 3 rings (SSSR count). The average Bonchev–Trinajstić information content (AvgIpc) is 2.79. The van der Waals surface area contributed by atoms with Crippen LogP contribution in [-0.4, -0.2) is 13.0 Å². The van der Waals surface area contributed by atoms with Crippen LogP contribution in [0.25, 0.3) is 0 Å². The summed E-state index contributed by atoms with van der Waals surface area (Å²) in [7, 11) is -4.89. The van der Waals surface area contributed by atoms with Gasteiger partial charge in [0.05, 0.1) is 30.1 Å². The highest BCUT2D eigenvalue weighted by molar-refractivity contribution is 7.86. The largest absolute Gasteiger partial charge is 0.454 e. The van der Waals surface area contributed by atoms with E-state index in [9.17, 15) is 13.0 Å². The summed E-state index contributed by atoms with van der Waals surface area (Å²) in [6, 6.07) is 3.26. The number of halogens is 10. The topological polar surface area (TPSA) is 72.8 Å². The van der Waals surface area contributed by atoms with E-state index in [1.165, 1.54) is 6.07 Å². The molecule has 0 fully saturated rings. The van der Waals surface area contributed by atoms with Gasteiger partial charge >= 0.3 is 0 Å². The zero-order chi connectivity index (χ0) is 25.7. The summed E-state index contributed by atoms with van der Waals surface area (Å²) in [6.45, 7) is 0. The molecule has 1 N–H and O–H groups in total. The highest BCUT2D eigenvalue weighted by Crippen LogP contribution is 2.51. The van der Waals surface area contributed by atoms with E-state index in [-0.39, 0.29) is 67.5 Å². The minimum atomic E-state index is -4.89.